The fourth-order valence-corrected chi connectivity index (χ4v) is 4.42. The average molecular weight is 475 g/mol. The van der Waals surface area contributed by atoms with Crippen LogP contribution in [0.3, 0.4) is 0 Å². The molecule has 1 aliphatic rings. The summed E-state index contributed by atoms with van der Waals surface area (Å²) in [6.07, 6.45) is 1.47. The predicted molar refractivity (Wildman–Crippen MR) is 131 cm³/mol. The van der Waals surface area contributed by atoms with E-state index in [-0.39, 0.29) is 23.5 Å². The molecule has 0 radical (unpaired) electrons. The Balaban J connectivity index is 1.13. The average Bonchev–Trinajstić information content (AvgIpc) is 3.58. The van der Waals surface area contributed by atoms with Gasteiger partial charge in [-0.05, 0) is 73.4 Å². The number of aromatic amines is 2. The number of benzene rings is 2. The highest BCUT2D eigenvalue weighted by molar-refractivity contribution is 5.93. The van der Waals surface area contributed by atoms with Crippen LogP contribution in [0.25, 0.3) is 22.3 Å². The van der Waals surface area contributed by atoms with E-state index in [1.165, 1.54) is 23.3 Å². The Hall–Kier alpha value is -4.01. The van der Waals surface area contributed by atoms with Crippen molar-refractivity contribution in [2.75, 3.05) is 18.4 Å². The Kier molecular flexibility index (Phi) is 6.07. The Morgan fingerprint density at radius 2 is 1.91 bits per heavy atom. The molecule has 4 aromatic rings. The number of aromatic nitrogens is 4. The van der Waals surface area contributed by atoms with Crippen LogP contribution in [0.15, 0.2) is 42.5 Å². The number of carbonyl (C=O) groups excluding carboxylic acids is 2. The number of carbonyl (C=O) groups is 2. The van der Waals surface area contributed by atoms with Crippen molar-refractivity contribution in [3.05, 3.63) is 65.2 Å². The lowest BCUT2D eigenvalue weighted by Gasteiger charge is -2.16. The number of halogens is 1. The van der Waals surface area contributed by atoms with Gasteiger partial charge in [-0.2, -0.15) is 5.10 Å². The molecule has 2 aromatic carbocycles. The Morgan fingerprint density at radius 1 is 1.14 bits per heavy atom. The van der Waals surface area contributed by atoms with Crippen LogP contribution in [-0.2, 0) is 16.0 Å². The van der Waals surface area contributed by atoms with E-state index >= 15 is 0 Å². The number of hydrogen-bond acceptors (Lipinski definition) is 4. The van der Waals surface area contributed by atoms with E-state index in [9.17, 15) is 14.0 Å². The van der Waals surface area contributed by atoms with Crippen molar-refractivity contribution in [1.29, 1.82) is 0 Å². The maximum Gasteiger partial charge on any atom is 0.230 e. The largest absolute Gasteiger partial charge is 0.342 e. The van der Waals surface area contributed by atoms with E-state index in [0.29, 0.717) is 43.9 Å². The summed E-state index contributed by atoms with van der Waals surface area (Å²) in [7, 11) is 0. The van der Waals surface area contributed by atoms with Crippen LogP contribution < -0.4 is 5.32 Å². The molecule has 0 aliphatic carbocycles. The highest BCUT2D eigenvalue weighted by Gasteiger charge is 2.31. The third kappa shape index (κ3) is 4.94. The fraction of sp³-hybridized carbons (Fsp3) is 0.308. The molecule has 180 valence electrons. The maximum absolute atomic E-state index is 13.1. The Bertz CT molecular complexity index is 1350. The molecule has 0 bridgehead atoms. The highest BCUT2D eigenvalue weighted by Crippen LogP contribution is 2.23. The summed E-state index contributed by atoms with van der Waals surface area (Å²) in [6.45, 7) is 5.06. The van der Waals surface area contributed by atoms with Crippen LogP contribution >= 0.6 is 0 Å². The summed E-state index contributed by atoms with van der Waals surface area (Å²) in [5, 5.41) is 9.80. The number of fused-ring (bicyclic) bond motifs is 1. The molecular formula is C26H27FN6O2. The van der Waals surface area contributed by atoms with E-state index < -0.39 is 0 Å². The van der Waals surface area contributed by atoms with E-state index in [1.807, 2.05) is 0 Å². The van der Waals surface area contributed by atoms with Crippen LogP contribution in [0, 0.1) is 25.6 Å². The monoisotopic (exact) mass is 474 g/mol. The maximum atomic E-state index is 13.1. The first-order chi connectivity index (χ1) is 16.9. The fourth-order valence-electron chi connectivity index (χ4n) is 4.42. The summed E-state index contributed by atoms with van der Waals surface area (Å²) in [6, 6.07) is 11.9. The number of nitrogens with zero attached hydrogens (tertiary/aromatic N) is 3. The van der Waals surface area contributed by atoms with Gasteiger partial charge in [-0.1, -0.05) is 0 Å². The minimum atomic E-state index is -0.315. The van der Waals surface area contributed by atoms with Gasteiger partial charge >= 0.3 is 0 Å². The second-order valence-electron chi connectivity index (χ2n) is 9.13. The molecule has 0 spiro atoms. The molecular weight excluding hydrogens is 447 g/mol. The highest BCUT2D eigenvalue weighted by atomic mass is 19.1. The number of hydrogen-bond donors (Lipinski definition) is 3. The van der Waals surface area contributed by atoms with Crippen molar-refractivity contribution in [2.45, 2.75) is 33.1 Å². The normalized spacial score (nSPS) is 15.6. The quantitative estimate of drug-likeness (QED) is 0.391. The first-order valence-corrected chi connectivity index (χ1v) is 11.7. The third-order valence-electron chi connectivity index (χ3n) is 6.62. The molecule has 1 atom stereocenters. The van der Waals surface area contributed by atoms with Crippen molar-refractivity contribution in [1.82, 2.24) is 25.1 Å². The molecule has 9 heteroatoms. The lowest BCUT2D eigenvalue weighted by Crippen LogP contribution is -2.31. The summed E-state index contributed by atoms with van der Waals surface area (Å²) in [5.74, 6) is 0.440. The van der Waals surface area contributed by atoms with Gasteiger partial charge in [0.15, 0.2) is 5.82 Å². The molecule has 1 saturated heterocycles. The standard InChI is InChI=1S/C26H27FN6O2/c1-15-11-21-22(12-16(15)2)29-23(28-21)7-8-25(34)33-10-9-18(14-33)26(35)30-24-13-20(31-32-24)17-3-5-19(27)6-4-17/h3-6,11-13,18H,7-10,14H2,1-2H3,(H,28,29)(H2,30,31,32,35). The van der Waals surface area contributed by atoms with Gasteiger partial charge in [0.1, 0.15) is 11.6 Å². The van der Waals surface area contributed by atoms with Crippen molar-refractivity contribution in [3.8, 4) is 11.3 Å². The molecule has 3 N–H and O–H groups in total. The van der Waals surface area contributed by atoms with E-state index in [0.717, 1.165) is 22.4 Å². The van der Waals surface area contributed by atoms with E-state index in [1.54, 1.807) is 23.1 Å². The summed E-state index contributed by atoms with van der Waals surface area (Å²) < 4.78 is 13.1. The third-order valence-corrected chi connectivity index (χ3v) is 6.62. The molecule has 1 aliphatic heterocycles. The summed E-state index contributed by atoms with van der Waals surface area (Å²) >= 11 is 0. The molecule has 1 fully saturated rings. The van der Waals surface area contributed by atoms with Crippen molar-refractivity contribution in [2.24, 2.45) is 5.92 Å². The zero-order valence-electron chi connectivity index (χ0n) is 19.7. The molecule has 0 saturated carbocycles. The molecule has 2 amide bonds. The van der Waals surface area contributed by atoms with Gasteiger partial charge < -0.3 is 15.2 Å². The molecule has 1 unspecified atom stereocenters. The lowest BCUT2D eigenvalue weighted by atomic mass is 10.1. The predicted octanol–water partition coefficient (Wildman–Crippen LogP) is 4.13. The molecule has 5 rings (SSSR count). The van der Waals surface area contributed by atoms with Gasteiger partial charge in [0.2, 0.25) is 11.8 Å². The van der Waals surface area contributed by atoms with Crippen LogP contribution in [0.4, 0.5) is 10.2 Å². The summed E-state index contributed by atoms with van der Waals surface area (Å²) in [4.78, 5) is 35.2. The van der Waals surface area contributed by atoms with E-state index in [4.69, 9.17) is 0 Å². The number of anilines is 1. The minimum absolute atomic E-state index is 0.0199. The van der Waals surface area contributed by atoms with Crippen LogP contribution in [-0.4, -0.2) is 50.0 Å². The number of H-pyrrole nitrogens is 2. The van der Waals surface area contributed by atoms with Crippen LogP contribution in [0.5, 0.6) is 0 Å². The smallest absolute Gasteiger partial charge is 0.230 e. The molecule has 8 nitrogen and oxygen atoms in total. The zero-order chi connectivity index (χ0) is 24.5. The van der Waals surface area contributed by atoms with Gasteiger partial charge in [0, 0.05) is 32.0 Å². The zero-order valence-corrected chi connectivity index (χ0v) is 19.7. The van der Waals surface area contributed by atoms with Gasteiger partial charge in [-0.3, -0.25) is 14.7 Å². The number of imidazole rings is 1. The second kappa shape index (κ2) is 9.32. The van der Waals surface area contributed by atoms with Crippen molar-refractivity contribution < 1.29 is 14.0 Å². The topological polar surface area (TPSA) is 107 Å². The van der Waals surface area contributed by atoms with E-state index in [2.05, 4.69) is 51.5 Å². The van der Waals surface area contributed by atoms with Crippen LogP contribution in [0.1, 0.15) is 29.8 Å². The van der Waals surface area contributed by atoms with Crippen molar-refractivity contribution in [3.63, 3.8) is 0 Å². The van der Waals surface area contributed by atoms with Crippen LogP contribution in [0.2, 0.25) is 0 Å². The van der Waals surface area contributed by atoms with Gasteiger partial charge in [0.25, 0.3) is 0 Å². The Morgan fingerprint density at radius 3 is 2.71 bits per heavy atom. The second-order valence-corrected chi connectivity index (χ2v) is 9.13. The molecule has 35 heavy (non-hydrogen) atoms. The summed E-state index contributed by atoms with van der Waals surface area (Å²) in [5.41, 5.74) is 5.73. The first kappa shape index (κ1) is 22.8. The van der Waals surface area contributed by atoms with Gasteiger partial charge in [-0.15, -0.1) is 0 Å². The van der Waals surface area contributed by atoms with Gasteiger partial charge in [0.05, 0.1) is 22.6 Å². The lowest BCUT2D eigenvalue weighted by molar-refractivity contribution is -0.130. The Labute approximate surface area is 201 Å². The number of aryl methyl sites for hydroxylation is 3. The first-order valence-electron chi connectivity index (χ1n) is 11.7. The van der Waals surface area contributed by atoms with Crippen molar-refractivity contribution >= 4 is 28.7 Å². The van der Waals surface area contributed by atoms with Gasteiger partial charge in [-0.25, -0.2) is 9.37 Å². The molecule has 3 heterocycles. The number of amides is 2. The minimum Gasteiger partial charge on any atom is -0.342 e. The number of rotatable bonds is 6. The molecule has 2 aromatic heterocycles. The SMILES string of the molecule is Cc1cc2nc(CCC(=O)N3CCC(C(=O)Nc4cc(-c5ccc(F)cc5)[nH]n4)C3)[nH]c2cc1C. The number of likely N-dealkylation sites (tertiary alicyclic amines) is 1. The number of nitrogens with one attached hydrogen (secondary N) is 3.